The first kappa shape index (κ1) is 10.7. The van der Waals surface area contributed by atoms with Gasteiger partial charge in [-0.2, -0.15) is 0 Å². The van der Waals surface area contributed by atoms with Gasteiger partial charge in [-0.3, -0.25) is 0 Å². The van der Waals surface area contributed by atoms with Crippen molar-refractivity contribution in [3.63, 3.8) is 0 Å². The van der Waals surface area contributed by atoms with E-state index in [9.17, 15) is 8.42 Å². The fraction of sp³-hybridized carbons (Fsp3) is 0.500. The van der Waals surface area contributed by atoms with Gasteiger partial charge in [-0.25, -0.2) is 8.42 Å². The Morgan fingerprint density at radius 3 is 2.46 bits per heavy atom. The van der Waals surface area contributed by atoms with Crippen molar-refractivity contribution < 1.29 is 8.42 Å². The molecule has 3 nitrogen and oxygen atoms in total. The smallest absolute Gasteiger partial charge is 0.191 e. The van der Waals surface area contributed by atoms with Gasteiger partial charge >= 0.3 is 0 Å². The van der Waals surface area contributed by atoms with Crippen LogP contribution in [0.3, 0.4) is 0 Å². The Kier molecular flexibility index (Phi) is 3.10. The summed E-state index contributed by atoms with van der Waals surface area (Å²) in [6.45, 7) is 3.34. The van der Waals surface area contributed by atoms with Gasteiger partial charge < -0.3 is 5.73 Å². The lowest BCUT2D eigenvalue weighted by molar-refractivity contribution is 0.570. The van der Waals surface area contributed by atoms with Crippen LogP contribution in [0.15, 0.2) is 21.7 Å². The van der Waals surface area contributed by atoms with E-state index in [0.29, 0.717) is 4.21 Å². The summed E-state index contributed by atoms with van der Waals surface area (Å²) in [7, 11) is -3.20. The molecule has 5 heteroatoms. The standard InChI is InChI=1S/C8H13NO2S2/c1-6(9)7(2)13(10,11)8-4-3-5-12-8/h3-7H,9H2,1-2H3. The molecule has 0 saturated heterocycles. The van der Waals surface area contributed by atoms with Crippen LogP contribution in [0.25, 0.3) is 0 Å². The summed E-state index contributed by atoms with van der Waals surface area (Å²) in [6.07, 6.45) is 0. The highest BCUT2D eigenvalue weighted by molar-refractivity contribution is 7.94. The maximum Gasteiger partial charge on any atom is 0.191 e. The average molecular weight is 219 g/mol. The van der Waals surface area contributed by atoms with Gasteiger partial charge in [0.25, 0.3) is 0 Å². The van der Waals surface area contributed by atoms with Gasteiger partial charge in [0.2, 0.25) is 0 Å². The van der Waals surface area contributed by atoms with Crippen LogP contribution in [0.2, 0.25) is 0 Å². The average Bonchev–Trinajstić information content (AvgIpc) is 2.54. The first-order valence-electron chi connectivity index (χ1n) is 3.99. The molecule has 1 rings (SSSR count). The summed E-state index contributed by atoms with van der Waals surface area (Å²) < 4.78 is 23.9. The molecule has 1 heterocycles. The van der Waals surface area contributed by atoms with Crippen LogP contribution in [0.1, 0.15) is 13.8 Å². The molecule has 1 aromatic heterocycles. The van der Waals surface area contributed by atoms with E-state index in [0.717, 1.165) is 0 Å². The molecule has 0 fully saturated rings. The van der Waals surface area contributed by atoms with Crippen molar-refractivity contribution in [2.45, 2.75) is 29.3 Å². The Bertz CT molecular complexity index is 354. The van der Waals surface area contributed by atoms with Crippen molar-refractivity contribution in [3.05, 3.63) is 17.5 Å². The molecule has 0 aliphatic heterocycles. The van der Waals surface area contributed by atoms with Crippen molar-refractivity contribution in [3.8, 4) is 0 Å². The topological polar surface area (TPSA) is 60.2 Å². The second-order valence-corrected chi connectivity index (χ2v) is 6.52. The molecule has 13 heavy (non-hydrogen) atoms. The van der Waals surface area contributed by atoms with Gasteiger partial charge in [0.05, 0.1) is 5.25 Å². The van der Waals surface area contributed by atoms with E-state index in [-0.39, 0.29) is 6.04 Å². The molecule has 2 unspecified atom stereocenters. The van der Waals surface area contributed by atoms with Crippen molar-refractivity contribution in [1.29, 1.82) is 0 Å². The Morgan fingerprint density at radius 1 is 1.46 bits per heavy atom. The zero-order valence-electron chi connectivity index (χ0n) is 7.60. The second-order valence-electron chi connectivity index (χ2n) is 3.04. The molecular weight excluding hydrogens is 206 g/mol. The Labute approximate surface area is 82.5 Å². The zero-order chi connectivity index (χ0) is 10.1. The Morgan fingerprint density at radius 2 is 2.08 bits per heavy atom. The minimum atomic E-state index is -3.20. The molecule has 0 saturated carbocycles. The lowest BCUT2D eigenvalue weighted by Crippen LogP contribution is -2.35. The third-order valence-electron chi connectivity index (χ3n) is 2.01. The van der Waals surface area contributed by atoms with E-state index in [1.54, 1.807) is 31.4 Å². The number of thiophene rings is 1. The second kappa shape index (κ2) is 3.77. The van der Waals surface area contributed by atoms with Gasteiger partial charge in [-0.1, -0.05) is 6.07 Å². The monoisotopic (exact) mass is 219 g/mol. The number of nitrogens with two attached hydrogens (primary N) is 1. The predicted octanol–water partition coefficient (Wildman–Crippen LogP) is 1.26. The molecule has 2 N–H and O–H groups in total. The van der Waals surface area contributed by atoms with Crippen LogP contribution in [0.4, 0.5) is 0 Å². The Hall–Kier alpha value is -0.390. The summed E-state index contributed by atoms with van der Waals surface area (Å²) in [5, 5.41) is 1.23. The molecule has 0 bridgehead atoms. The van der Waals surface area contributed by atoms with E-state index < -0.39 is 15.1 Å². The van der Waals surface area contributed by atoms with Crippen molar-refractivity contribution in [2.75, 3.05) is 0 Å². The van der Waals surface area contributed by atoms with Crippen LogP contribution >= 0.6 is 11.3 Å². The summed E-state index contributed by atoms with van der Waals surface area (Å²) in [5.41, 5.74) is 5.55. The van der Waals surface area contributed by atoms with Crippen LogP contribution in [-0.2, 0) is 9.84 Å². The van der Waals surface area contributed by atoms with Crippen molar-refractivity contribution in [2.24, 2.45) is 5.73 Å². The first-order chi connectivity index (χ1) is 5.96. The minimum Gasteiger partial charge on any atom is -0.327 e. The molecule has 0 radical (unpaired) electrons. The maximum absolute atomic E-state index is 11.8. The van der Waals surface area contributed by atoms with Crippen LogP contribution in [-0.4, -0.2) is 19.7 Å². The Balaban J connectivity index is 3.04. The van der Waals surface area contributed by atoms with E-state index in [1.165, 1.54) is 11.3 Å². The third-order valence-corrected chi connectivity index (χ3v) is 5.76. The largest absolute Gasteiger partial charge is 0.327 e. The lowest BCUT2D eigenvalue weighted by atomic mass is 10.3. The van der Waals surface area contributed by atoms with Gasteiger partial charge in [-0.05, 0) is 25.3 Å². The highest BCUT2D eigenvalue weighted by atomic mass is 32.2. The van der Waals surface area contributed by atoms with Gasteiger partial charge in [0.1, 0.15) is 4.21 Å². The summed E-state index contributed by atoms with van der Waals surface area (Å²) >= 11 is 1.23. The van der Waals surface area contributed by atoms with Crippen molar-refractivity contribution >= 4 is 21.2 Å². The van der Waals surface area contributed by atoms with Crippen molar-refractivity contribution in [1.82, 2.24) is 0 Å². The van der Waals surface area contributed by atoms with Gasteiger partial charge in [0, 0.05) is 6.04 Å². The number of sulfone groups is 1. The molecule has 0 spiro atoms. The van der Waals surface area contributed by atoms with Gasteiger partial charge in [0.15, 0.2) is 9.84 Å². The van der Waals surface area contributed by atoms with E-state index >= 15 is 0 Å². The highest BCUT2D eigenvalue weighted by Crippen LogP contribution is 2.22. The predicted molar refractivity (Wildman–Crippen MR) is 54.6 cm³/mol. The zero-order valence-corrected chi connectivity index (χ0v) is 9.23. The lowest BCUT2D eigenvalue weighted by Gasteiger charge is -2.14. The molecular formula is C8H13NO2S2. The van der Waals surface area contributed by atoms with Crippen LogP contribution in [0.5, 0.6) is 0 Å². The molecule has 0 aliphatic carbocycles. The van der Waals surface area contributed by atoms with Gasteiger partial charge in [-0.15, -0.1) is 11.3 Å². The highest BCUT2D eigenvalue weighted by Gasteiger charge is 2.26. The number of hydrogen-bond acceptors (Lipinski definition) is 4. The first-order valence-corrected chi connectivity index (χ1v) is 6.42. The summed E-state index contributed by atoms with van der Waals surface area (Å²) in [4.78, 5) is 0. The fourth-order valence-corrected chi connectivity index (χ4v) is 3.70. The van der Waals surface area contributed by atoms with E-state index in [1.807, 2.05) is 0 Å². The number of hydrogen-bond donors (Lipinski definition) is 1. The normalized spacial score (nSPS) is 16.8. The molecule has 0 aliphatic rings. The fourth-order valence-electron chi connectivity index (χ4n) is 0.891. The molecule has 74 valence electrons. The third kappa shape index (κ3) is 2.10. The quantitative estimate of drug-likeness (QED) is 0.832. The van der Waals surface area contributed by atoms with E-state index in [2.05, 4.69) is 0 Å². The molecule has 0 aromatic carbocycles. The van der Waals surface area contributed by atoms with E-state index in [4.69, 9.17) is 5.73 Å². The molecule has 1 aromatic rings. The summed E-state index contributed by atoms with van der Waals surface area (Å²) in [6, 6.07) is 3.00. The molecule has 0 amide bonds. The number of rotatable bonds is 3. The molecule has 2 atom stereocenters. The maximum atomic E-state index is 11.8. The SMILES string of the molecule is CC(N)C(C)S(=O)(=O)c1cccs1. The minimum absolute atomic E-state index is 0.341. The van der Waals surface area contributed by atoms with Crippen LogP contribution < -0.4 is 5.73 Å². The summed E-state index contributed by atoms with van der Waals surface area (Å²) in [5.74, 6) is 0. The van der Waals surface area contributed by atoms with Crippen LogP contribution in [0, 0.1) is 0 Å².